The molecule has 2 rings (SSSR count). The summed E-state index contributed by atoms with van der Waals surface area (Å²) in [6.45, 7) is 3.20. The molecule has 1 aromatic carbocycles. The average Bonchev–Trinajstić information content (AvgIpc) is 3.07. The van der Waals surface area contributed by atoms with Gasteiger partial charge in [-0.25, -0.2) is 8.42 Å². The number of amides is 1. The Bertz CT molecular complexity index is 826. The van der Waals surface area contributed by atoms with Crippen LogP contribution < -0.4 is 10.0 Å². The van der Waals surface area contributed by atoms with Crippen molar-refractivity contribution in [2.24, 2.45) is 0 Å². The normalized spacial score (nSPS) is 12.6. The minimum atomic E-state index is -3.86. The Morgan fingerprint density at radius 1 is 1.16 bits per heavy atom. The number of benzene rings is 1. The first-order valence-corrected chi connectivity index (χ1v) is 9.21. The van der Waals surface area contributed by atoms with Gasteiger partial charge in [0.15, 0.2) is 5.78 Å². The van der Waals surface area contributed by atoms with Crippen molar-refractivity contribution in [1.29, 1.82) is 0 Å². The molecule has 1 aromatic heterocycles. The maximum atomic E-state index is 12.3. The summed E-state index contributed by atoms with van der Waals surface area (Å²) in [5.74, 6) is 0.149. The quantitative estimate of drug-likeness (QED) is 0.691. The van der Waals surface area contributed by atoms with Gasteiger partial charge in [0.25, 0.3) is 0 Å². The minimum Gasteiger partial charge on any atom is -0.469 e. The van der Waals surface area contributed by atoms with Gasteiger partial charge in [-0.1, -0.05) is 12.1 Å². The summed E-state index contributed by atoms with van der Waals surface area (Å²) in [7, 11) is -3.86. The summed E-state index contributed by atoms with van der Waals surface area (Å²) >= 11 is 0. The molecule has 0 radical (unpaired) electrons. The van der Waals surface area contributed by atoms with E-state index in [1.807, 2.05) is 0 Å². The summed E-state index contributed by atoms with van der Waals surface area (Å²) in [5, 5.41) is 2.65. The number of hydrogen-bond donors (Lipinski definition) is 2. The molecule has 0 aliphatic heterocycles. The molecule has 1 amide bonds. The summed E-state index contributed by atoms with van der Waals surface area (Å²) in [5.41, 5.74) is 0.419. The minimum absolute atomic E-state index is 0.00673. The van der Waals surface area contributed by atoms with Gasteiger partial charge >= 0.3 is 0 Å². The molecule has 0 spiro atoms. The number of carbonyl (C=O) groups is 2. The summed E-state index contributed by atoms with van der Waals surface area (Å²) in [6.07, 6.45) is 2.07. The smallest absolute Gasteiger partial charge is 0.241 e. The van der Waals surface area contributed by atoms with E-state index in [2.05, 4.69) is 10.0 Å². The predicted octanol–water partition coefficient (Wildman–Crippen LogP) is 1.51. The van der Waals surface area contributed by atoms with Crippen LogP contribution in [-0.2, 0) is 21.2 Å². The highest BCUT2D eigenvalue weighted by molar-refractivity contribution is 7.89. The van der Waals surface area contributed by atoms with Crippen molar-refractivity contribution in [2.45, 2.75) is 31.2 Å². The first-order chi connectivity index (χ1) is 11.8. The standard InChI is InChI=1S/C17H20N2O5S/c1-12(17(21)18-10-9-15-4-3-11-24-15)19-25(22,23)16-7-5-14(6-8-16)13(2)20/h3-8,11-12,19H,9-10H2,1-2H3,(H,18,21)/t12-/m1/s1. The number of carbonyl (C=O) groups excluding carboxylic acids is 2. The number of Topliss-reactive ketones (excluding diaryl/α,β-unsaturated/α-hetero) is 1. The fraction of sp³-hybridized carbons (Fsp3) is 0.294. The predicted molar refractivity (Wildman–Crippen MR) is 91.7 cm³/mol. The van der Waals surface area contributed by atoms with Crippen LogP contribution in [-0.4, -0.2) is 32.7 Å². The van der Waals surface area contributed by atoms with E-state index in [0.717, 1.165) is 5.76 Å². The Balaban J connectivity index is 1.91. The Labute approximate surface area is 146 Å². The molecule has 2 N–H and O–H groups in total. The highest BCUT2D eigenvalue weighted by Crippen LogP contribution is 2.11. The van der Waals surface area contributed by atoms with Crippen LogP contribution in [0.1, 0.15) is 30.0 Å². The Hall–Kier alpha value is -2.45. The van der Waals surface area contributed by atoms with E-state index >= 15 is 0 Å². The highest BCUT2D eigenvalue weighted by Gasteiger charge is 2.22. The molecule has 134 valence electrons. The molecule has 0 saturated heterocycles. The Morgan fingerprint density at radius 2 is 1.84 bits per heavy atom. The van der Waals surface area contributed by atoms with Crippen molar-refractivity contribution in [3.05, 3.63) is 54.0 Å². The fourth-order valence-electron chi connectivity index (χ4n) is 2.14. The molecular formula is C17H20N2O5S. The third-order valence-corrected chi connectivity index (χ3v) is 5.10. The zero-order chi connectivity index (χ0) is 18.4. The lowest BCUT2D eigenvalue weighted by atomic mass is 10.2. The zero-order valence-corrected chi connectivity index (χ0v) is 14.8. The molecule has 8 heteroatoms. The molecule has 1 atom stereocenters. The first-order valence-electron chi connectivity index (χ1n) is 7.73. The van der Waals surface area contributed by atoms with Gasteiger partial charge in [-0.2, -0.15) is 4.72 Å². The maximum absolute atomic E-state index is 12.3. The average molecular weight is 364 g/mol. The summed E-state index contributed by atoms with van der Waals surface area (Å²) in [4.78, 5) is 23.2. The van der Waals surface area contributed by atoms with E-state index in [9.17, 15) is 18.0 Å². The molecule has 7 nitrogen and oxygen atoms in total. The number of hydrogen-bond acceptors (Lipinski definition) is 5. The number of nitrogens with one attached hydrogen (secondary N) is 2. The fourth-order valence-corrected chi connectivity index (χ4v) is 3.34. The molecule has 0 unspecified atom stereocenters. The van der Waals surface area contributed by atoms with Crippen LogP contribution in [0.4, 0.5) is 0 Å². The van der Waals surface area contributed by atoms with Crippen LogP contribution in [0.25, 0.3) is 0 Å². The lowest BCUT2D eigenvalue weighted by Gasteiger charge is -2.14. The molecule has 0 bridgehead atoms. The van der Waals surface area contributed by atoms with E-state index < -0.39 is 22.0 Å². The summed E-state index contributed by atoms with van der Waals surface area (Å²) in [6, 6.07) is 8.15. The van der Waals surface area contributed by atoms with Gasteiger partial charge in [0, 0.05) is 18.5 Å². The van der Waals surface area contributed by atoms with Crippen LogP contribution >= 0.6 is 0 Å². The lowest BCUT2D eigenvalue weighted by molar-refractivity contribution is -0.122. The Morgan fingerprint density at radius 3 is 2.40 bits per heavy atom. The van der Waals surface area contributed by atoms with Crippen LogP contribution in [0.3, 0.4) is 0 Å². The molecular weight excluding hydrogens is 344 g/mol. The van der Waals surface area contributed by atoms with Gasteiger partial charge in [0.2, 0.25) is 15.9 Å². The van der Waals surface area contributed by atoms with E-state index in [1.165, 1.54) is 38.1 Å². The van der Waals surface area contributed by atoms with Crippen LogP contribution in [0.2, 0.25) is 0 Å². The van der Waals surface area contributed by atoms with Crippen LogP contribution in [0, 0.1) is 0 Å². The SMILES string of the molecule is CC(=O)c1ccc(S(=O)(=O)N[C@H](C)C(=O)NCCc2ccco2)cc1. The maximum Gasteiger partial charge on any atom is 0.241 e. The summed E-state index contributed by atoms with van der Waals surface area (Å²) < 4.78 is 32.1. The van der Waals surface area contributed by atoms with Gasteiger partial charge < -0.3 is 9.73 Å². The molecule has 0 aliphatic carbocycles. The van der Waals surface area contributed by atoms with Gasteiger partial charge in [-0.3, -0.25) is 9.59 Å². The monoisotopic (exact) mass is 364 g/mol. The number of furan rings is 1. The third kappa shape index (κ3) is 5.27. The van der Waals surface area contributed by atoms with Crippen molar-refractivity contribution in [3.63, 3.8) is 0 Å². The molecule has 25 heavy (non-hydrogen) atoms. The largest absolute Gasteiger partial charge is 0.469 e. The van der Waals surface area contributed by atoms with Gasteiger partial charge in [-0.15, -0.1) is 0 Å². The zero-order valence-electron chi connectivity index (χ0n) is 14.0. The molecule has 0 fully saturated rings. The molecule has 0 aliphatic rings. The third-order valence-electron chi connectivity index (χ3n) is 3.55. The van der Waals surface area contributed by atoms with Crippen molar-refractivity contribution < 1.29 is 22.4 Å². The second-order valence-electron chi connectivity index (χ2n) is 5.54. The van der Waals surface area contributed by atoms with Crippen molar-refractivity contribution in [2.75, 3.05) is 6.54 Å². The number of rotatable bonds is 8. The van der Waals surface area contributed by atoms with Crippen LogP contribution in [0.5, 0.6) is 0 Å². The second kappa shape index (κ2) is 8.09. The Kier molecular flexibility index (Phi) is 6.11. The highest BCUT2D eigenvalue weighted by atomic mass is 32.2. The van der Waals surface area contributed by atoms with Gasteiger partial charge in [0.1, 0.15) is 5.76 Å². The number of ketones is 1. The second-order valence-corrected chi connectivity index (χ2v) is 7.26. The van der Waals surface area contributed by atoms with Crippen molar-refractivity contribution in [3.8, 4) is 0 Å². The van der Waals surface area contributed by atoms with E-state index in [0.29, 0.717) is 18.5 Å². The van der Waals surface area contributed by atoms with Gasteiger partial charge in [-0.05, 0) is 38.1 Å². The van der Waals surface area contributed by atoms with Crippen molar-refractivity contribution >= 4 is 21.7 Å². The molecule has 1 heterocycles. The topological polar surface area (TPSA) is 105 Å². The first kappa shape index (κ1) is 18.9. The van der Waals surface area contributed by atoms with E-state index in [4.69, 9.17) is 4.42 Å². The number of sulfonamides is 1. The lowest BCUT2D eigenvalue weighted by Crippen LogP contribution is -2.45. The van der Waals surface area contributed by atoms with Crippen LogP contribution in [0.15, 0.2) is 52.0 Å². The van der Waals surface area contributed by atoms with E-state index in [-0.39, 0.29) is 10.7 Å². The molecule has 0 saturated carbocycles. The van der Waals surface area contributed by atoms with E-state index in [1.54, 1.807) is 18.4 Å². The molecule has 2 aromatic rings. The van der Waals surface area contributed by atoms with Crippen molar-refractivity contribution in [1.82, 2.24) is 10.0 Å². The van der Waals surface area contributed by atoms with Gasteiger partial charge in [0.05, 0.1) is 17.2 Å².